The number of hydrogen-bond donors (Lipinski definition) is 3. The highest BCUT2D eigenvalue weighted by Crippen LogP contribution is 2.30. The molecule has 1 fully saturated rings. The maximum absolute atomic E-state index is 10.1. The van der Waals surface area contributed by atoms with Crippen LogP contribution in [0.1, 0.15) is 49.6 Å². The van der Waals surface area contributed by atoms with Crippen LogP contribution in [0.15, 0.2) is 24.4 Å². The molecule has 2 heterocycles. The van der Waals surface area contributed by atoms with Crippen LogP contribution in [0.2, 0.25) is 0 Å². The Labute approximate surface area is 149 Å². The molecule has 1 saturated carbocycles. The molecule has 0 atom stereocenters. The fourth-order valence-electron chi connectivity index (χ4n) is 3.10. The Morgan fingerprint density at radius 1 is 1.20 bits per heavy atom. The number of nitrogens with zero attached hydrogens (tertiary/aromatic N) is 3. The Morgan fingerprint density at radius 3 is 2.64 bits per heavy atom. The normalized spacial score (nSPS) is 23.3. The minimum atomic E-state index is -0.524. The number of rotatable bonds is 5. The molecule has 0 bridgehead atoms. The smallest absolute Gasteiger partial charge is 0.225 e. The zero-order chi connectivity index (χ0) is 17.9. The highest BCUT2D eigenvalue weighted by atomic mass is 16.3. The molecule has 2 aromatic rings. The molecule has 1 aliphatic rings. The van der Waals surface area contributed by atoms with E-state index >= 15 is 0 Å². The van der Waals surface area contributed by atoms with E-state index in [0.29, 0.717) is 18.5 Å². The van der Waals surface area contributed by atoms with Crippen molar-refractivity contribution in [2.75, 3.05) is 10.6 Å². The number of aliphatic hydroxyl groups is 1. The van der Waals surface area contributed by atoms with Crippen molar-refractivity contribution in [2.24, 2.45) is 0 Å². The third-order valence-corrected chi connectivity index (χ3v) is 4.95. The van der Waals surface area contributed by atoms with Crippen LogP contribution in [0.3, 0.4) is 0 Å². The number of aromatic nitrogens is 3. The Kier molecular flexibility index (Phi) is 5.18. The second-order valence-electron chi connectivity index (χ2n) is 7.20. The second kappa shape index (κ2) is 7.35. The average molecular weight is 341 g/mol. The van der Waals surface area contributed by atoms with E-state index in [-0.39, 0.29) is 0 Å². The molecule has 3 rings (SSSR count). The average Bonchev–Trinajstić information content (AvgIpc) is 2.60. The van der Waals surface area contributed by atoms with Crippen LogP contribution < -0.4 is 10.6 Å². The quantitative estimate of drug-likeness (QED) is 0.774. The van der Waals surface area contributed by atoms with Gasteiger partial charge in [0, 0.05) is 23.5 Å². The zero-order valence-electron chi connectivity index (χ0n) is 15.2. The molecule has 25 heavy (non-hydrogen) atoms. The molecule has 3 N–H and O–H groups in total. The van der Waals surface area contributed by atoms with Gasteiger partial charge in [0.2, 0.25) is 5.95 Å². The van der Waals surface area contributed by atoms with Crippen molar-refractivity contribution in [1.82, 2.24) is 15.0 Å². The van der Waals surface area contributed by atoms with Gasteiger partial charge in [0.25, 0.3) is 0 Å². The van der Waals surface area contributed by atoms with Gasteiger partial charge >= 0.3 is 0 Å². The van der Waals surface area contributed by atoms with Gasteiger partial charge in [-0.1, -0.05) is 6.07 Å². The number of hydrogen-bond acceptors (Lipinski definition) is 6. The molecule has 0 radical (unpaired) electrons. The summed E-state index contributed by atoms with van der Waals surface area (Å²) < 4.78 is 0. The minimum Gasteiger partial charge on any atom is -0.390 e. The number of anilines is 2. The highest BCUT2D eigenvalue weighted by molar-refractivity contribution is 5.50. The van der Waals surface area contributed by atoms with E-state index in [0.717, 1.165) is 48.5 Å². The molecule has 1 aliphatic carbocycles. The summed E-state index contributed by atoms with van der Waals surface area (Å²) >= 11 is 0. The summed E-state index contributed by atoms with van der Waals surface area (Å²) in [7, 11) is 0. The van der Waals surface area contributed by atoms with Crippen molar-refractivity contribution in [1.29, 1.82) is 0 Å². The maximum Gasteiger partial charge on any atom is 0.225 e. The number of aryl methyl sites for hydroxylation is 1. The van der Waals surface area contributed by atoms with Gasteiger partial charge in [-0.25, -0.2) is 4.98 Å². The standard InChI is InChI=1S/C19H27N5O/c1-13-14(2)22-18(21-12-16-6-4-5-11-20-16)24-17(13)23-15-7-9-19(3,25)10-8-15/h4-6,11,15,25H,7-10,12H2,1-3H3,(H2,21,22,23,24)/t15-,19-. The SMILES string of the molecule is Cc1nc(NCc2ccccn2)nc(N[C@H]2CC[C@](C)(O)CC2)c1C. The van der Waals surface area contributed by atoms with Crippen LogP contribution in [0, 0.1) is 13.8 Å². The van der Waals surface area contributed by atoms with E-state index in [1.54, 1.807) is 6.20 Å². The van der Waals surface area contributed by atoms with Crippen LogP contribution in [0.5, 0.6) is 0 Å². The Morgan fingerprint density at radius 2 is 1.96 bits per heavy atom. The van der Waals surface area contributed by atoms with Crippen molar-refractivity contribution < 1.29 is 5.11 Å². The predicted molar refractivity (Wildman–Crippen MR) is 99.6 cm³/mol. The summed E-state index contributed by atoms with van der Waals surface area (Å²) in [5.41, 5.74) is 2.46. The largest absolute Gasteiger partial charge is 0.390 e. The third kappa shape index (κ3) is 4.66. The van der Waals surface area contributed by atoms with Crippen molar-refractivity contribution in [3.63, 3.8) is 0 Å². The molecule has 0 aliphatic heterocycles. The van der Waals surface area contributed by atoms with Crippen molar-refractivity contribution in [2.45, 2.75) is 64.6 Å². The third-order valence-electron chi connectivity index (χ3n) is 4.95. The van der Waals surface area contributed by atoms with Crippen LogP contribution in [-0.2, 0) is 6.54 Å². The monoisotopic (exact) mass is 341 g/mol. The molecular formula is C19H27N5O. The first-order valence-electron chi connectivity index (χ1n) is 8.91. The van der Waals surface area contributed by atoms with Gasteiger partial charge in [0.1, 0.15) is 5.82 Å². The van der Waals surface area contributed by atoms with Gasteiger partial charge in [0.15, 0.2) is 0 Å². The molecule has 2 aromatic heterocycles. The van der Waals surface area contributed by atoms with Gasteiger partial charge in [0.05, 0.1) is 17.8 Å². The summed E-state index contributed by atoms with van der Waals surface area (Å²) in [4.78, 5) is 13.5. The lowest BCUT2D eigenvalue weighted by Gasteiger charge is -2.34. The molecule has 6 heteroatoms. The summed E-state index contributed by atoms with van der Waals surface area (Å²) in [5.74, 6) is 1.49. The lowest BCUT2D eigenvalue weighted by atomic mass is 9.83. The first kappa shape index (κ1) is 17.6. The fourth-order valence-corrected chi connectivity index (χ4v) is 3.10. The number of nitrogens with one attached hydrogen (secondary N) is 2. The van der Waals surface area contributed by atoms with Crippen LogP contribution in [-0.4, -0.2) is 31.7 Å². The van der Waals surface area contributed by atoms with E-state index in [9.17, 15) is 5.11 Å². The van der Waals surface area contributed by atoms with E-state index in [4.69, 9.17) is 0 Å². The van der Waals surface area contributed by atoms with E-state index in [2.05, 4.69) is 25.6 Å². The maximum atomic E-state index is 10.1. The molecule has 0 saturated heterocycles. The molecule has 134 valence electrons. The van der Waals surface area contributed by atoms with Crippen LogP contribution in [0.25, 0.3) is 0 Å². The number of pyridine rings is 1. The van der Waals surface area contributed by atoms with Gasteiger partial charge in [-0.3, -0.25) is 4.98 Å². The topological polar surface area (TPSA) is 83.0 Å². The first-order valence-corrected chi connectivity index (χ1v) is 8.91. The predicted octanol–water partition coefficient (Wildman–Crippen LogP) is 3.21. The summed E-state index contributed by atoms with van der Waals surface area (Å²) in [6.07, 6.45) is 5.32. The van der Waals surface area contributed by atoms with Gasteiger partial charge in [-0.15, -0.1) is 0 Å². The highest BCUT2D eigenvalue weighted by Gasteiger charge is 2.29. The molecule has 0 spiro atoms. The summed E-state index contributed by atoms with van der Waals surface area (Å²) in [6, 6.07) is 6.19. The van der Waals surface area contributed by atoms with Crippen LogP contribution >= 0.6 is 0 Å². The second-order valence-corrected chi connectivity index (χ2v) is 7.20. The molecular weight excluding hydrogens is 314 g/mol. The molecule has 0 aromatic carbocycles. The summed E-state index contributed by atoms with van der Waals surface area (Å²) in [5, 5.41) is 16.9. The Bertz CT molecular complexity index is 707. The summed E-state index contributed by atoms with van der Waals surface area (Å²) in [6.45, 7) is 6.55. The molecule has 6 nitrogen and oxygen atoms in total. The lowest BCUT2D eigenvalue weighted by molar-refractivity contribution is 0.0196. The Balaban J connectivity index is 1.68. The minimum absolute atomic E-state index is 0.344. The van der Waals surface area contributed by atoms with E-state index in [1.165, 1.54) is 0 Å². The molecule has 0 amide bonds. The van der Waals surface area contributed by atoms with Crippen molar-refractivity contribution >= 4 is 11.8 Å². The molecule has 0 unspecified atom stereocenters. The zero-order valence-corrected chi connectivity index (χ0v) is 15.2. The van der Waals surface area contributed by atoms with Crippen molar-refractivity contribution in [3.8, 4) is 0 Å². The van der Waals surface area contributed by atoms with Gasteiger partial charge in [-0.2, -0.15) is 4.98 Å². The van der Waals surface area contributed by atoms with Gasteiger partial charge < -0.3 is 15.7 Å². The van der Waals surface area contributed by atoms with E-state index in [1.807, 2.05) is 39.0 Å². The first-order chi connectivity index (χ1) is 11.9. The fraction of sp³-hybridized carbons (Fsp3) is 0.526. The van der Waals surface area contributed by atoms with Gasteiger partial charge in [-0.05, 0) is 58.6 Å². The van der Waals surface area contributed by atoms with Crippen molar-refractivity contribution in [3.05, 3.63) is 41.3 Å². The lowest BCUT2D eigenvalue weighted by Crippen LogP contribution is -2.36. The van der Waals surface area contributed by atoms with E-state index < -0.39 is 5.60 Å². The Hall–Kier alpha value is -2.21. The van der Waals surface area contributed by atoms with Crippen LogP contribution in [0.4, 0.5) is 11.8 Å².